The number of alkyl halides is 5. The van der Waals surface area contributed by atoms with Gasteiger partial charge in [0, 0.05) is 25.3 Å². The van der Waals surface area contributed by atoms with Crippen molar-refractivity contribution in [2.45, 2.75) is 68.9 Å². The van der Waals surface area contributed by atoms with Crippen LogP contribution in [-0.4, -0.2) is 49.3 Å². The number of hydrogen-bond donors (Lipinski definition) is 1. The summed E-state index contributed by atoms with van der Waals surface area (Å²) < 4.78 is 81.1. The number of ether oxygens (including phenoxy) is 2. The molecule has 5 nitrogen and oxygen atoms in total. The Labute approximate surface area is 176 Å². The van der Waals surface area contributed by atoms with Crippen LogP contribution in [0.4, 0.5) is 22.0 Å². The first-order valence-corrected chi connectivity index (χ1v) is 10.5. The minimum Gasteiger partial charge on any atom is -0.496 e. The van der Waals surface area contributed by atoms with Crippen LogP contribution in [0, 0.1) is 0 Å². The Hall–Kier alpha value is -1.94. The molecule has 31 heavy (non-hydrogen) atoms. The van der Waals surface area contributed by atoms with E-state index in [9.17, 15) is 18.0 Å². The molecule has 1 aromatic carbocycles. The predicted octanol–water partition coefficient (Wildman–Crippen LogP) is 4.30. The quantitative estimate of drug-likeness (QED) is 0.551. The molecule has 2 atom stereocenters. The molecule has 4 rings (SSSR count). The second-order valence-corrected chi connectivity index (χ2v) is 8.33. The Morgan fingerprint density at radius 3 is 2.45 bits per heavy atom. The van der Waals surface area contributed by atoms with Gasteiger partial charge in [0.25, 0.3) is 5.91 Å². The molecule has 2 fully saturated rings. The molecule has 0 spiro atoms. The van der Waals surface area contributed by atoms with E-state index in [1.54, 1.807) is 0 Å². The van der Waals surface area contributed by atoms with Gasteiger partial charge in [-0.25, -0.2) is 0 Å². The highest BCUT2D eigenvalue weighted by atomic mass is 19.4. The summed E-state index contributed by atoms with van der Waals surface area (Å²) in [6.07, 6.45) is -0.884. The summed E-state index contributed by atoms with van der Waals surface area (Å²) in [6, 6.07) is -3.98. The highest BCUT2D eigenvalue weighted by Crippen LogP contribution is 2.50. The van der Waals surface area contributed by atoms with Crippen LogP contribution >= 0.6 is 0 Å². The van der Waals surface area contributed by atoms with Crippen LogP contribution in [0.1, 0.15) is 60.0 Å². The van der Waals surface area contributed by atoms with Crippen LogP contribution in [0.25, 0.3) is 0 Å². The summed E-state index contributed by atoms with van der Waals surface area (Å²) >= 11 is 0. The Morgan fingerprint density at radius 2 is 1.81 bits per heavy atom. The van der Waals surface area contributed by atoms with Crippen LogP contribution in [-0.2, 0) is 17.0 Å². The van der Waals surface area contributed by atoms with Gasteiger partial charge >= 0.3 is 12.2 Å². The van der Waals surface area contributed by atoms with Gasteiger partial charge in [0.05, 0.1) is 29.8 Å². The van der Waals surface area contributed by atoms with Gasteiger partial charge in [-0.2, -0.15) is 22.0 Å². The molecule has 1 aromatic rings. The van der Waals surface area contributed by atoms with E-state index in [1.165, 1.54) is 0 Å². The van der Waals surface area contributed by atoms with Crippen molar-refractivity contribution in [1.29, 1.82) is 0 Å². The molecule has 3 aliphatic rings. The lowest BCUT2D eigenvalue weighted by Gasteiger charge is -2.42. The normalized spacial score (nSPS) is 26.8. The number of methoxy groups -OCH3 is 1. The number of amides is 1. The summed E-state index contributed by atoms with van der Waals surface area (Å²) in [4.78, 5) is 13.6. The third-order valence-corrected chi connectivity index (χ3v) is 6.44. The summed E-state index contributed by atoms with van der Waals surface area (Å²) in [7, 11) is 1.07. The number of benzene rings is 1. The average molecular weight is 448 g/mol. The molecule has 1 amide bonds. The molecule has 1 saturated heterocycles. The topological polar surface area (TPSA) is 50.8 Å². The molecule has 1 saturated carbocycles. The summed E-state index contributed by atoms with van der Waals surface area (Å²) in [5.74, 6) is -1.47. The third-order valence-electron chi connectivity index (χ3n) is 6.44. The highest BCUT2D eigenvalue weighted by molar-refractivity contribution is 6.02. The molecule has 2 aliphatic heterocycles. The molecule has 0 radical (unpaired) electrons. The van der Waals surface area contributed by atoms with Crippen molar-refractivity contribution < 1.29 is 36.2 Å². The fourth-order valence-electron chi connectivity index (χ4n) is 4.92. The fourth-order valence-corrected chi connectivity index (χ4v) is 4.92. The number of halogens is 5. The lowest BCUT2D eigenvalue weighted by Crippen LogP contribution is -2.58. The van der Waals surface area contributed by atoms with Crippen molar-refractivity contribution in [2.24, 2.45) is 0 Å². The van der Waals surface area contributed by atoms with Crippen molar-refractivity contribution in [3.63, 3.8) is 0 Å². The first-order chi connectivity index (χ1) is 14.6. The number of fused-ring (bicyclic) bond motifs is 1. The van der Waals surface area contributed by atoms with Gasteiger partial charge in [-0.3, -0.25) is 9.69 Å². The van der Waals surface area contributed by atoms with Gasteiger partial charge in [-0.1, -0.05) is 12.8 Å². The van der Waals surface area contributed by atoms with Gasteiger partial charge < -0.3 is 14.8 Å². The van der Waals surface area contributed by atoms with E-state index in [4.69, 9.17) is 9.47 Å². The lowest BCUT2D eigenvalue weighted by atomic mass is 9.88. The van der Waals surface area contributed by atoms with Crippen LogP contribution < -0.4 is 10.1 Å². The van der Waals surface area contributed by atoms with Crippen molar-refractivity contribution in [3.8, 4) is 5.75 Å². The second kappa shape index (κ2) is 8.20. The maximum absolute atomic E-state index is 15.5. The predicted molar refractivity (Wildman–Crippen MR) is 101 cm³/mol. The molecule has 172 valence electrons. The zero-order valence-corrected chi connectivity index (χ0v) is 17.1. The zero-order valence-electron chi connectivity index (χ0n) is 17.1. The van der Waals surface area contributed by atoms with E-state index >= 15 is 8.78 Å². The van der Waals surface area contributed by atoms with Crippen LogP contribution in [0.2, 0.25) is 0 Å². The minimum absolute atomic E-state index is 0.0967. The number of nitrogens with one attached hydrogen (secondary N) is 1. The average Bonchev–Trinajstić information content (AvgIpc) is 2.93. The summed E-state index contributed by atoms with van der Waals surface area (Å²) in [5, 5.41) is 3.42. The van der Waals surface area contributed by atoms with Crippen LogP contribution in [0.15, 0.2) is 12.1 Å². The van der Waals surface area contributed by atoms with Crippen LogP contribution in [0.5, 0.6) is 5.75 Å². The van der Waals surface area contributed by atoms with Crippen molar-refractivity contribution in [2.75, 3.05) is 20.3 Å². The zero-order chi connectivity index (χ0) is 22.4. The van der Waals surface area contributed by atoms with E-state index in [1.807, 2.05) is 0 Å². The number of carbonyl (C=O) groups is 1. The third kappa shape index (κ3) is 4.00. The minimum atomic E-state index is -4.84. The maximum Gasteiger partial charge on any atom is 0.416 e. The Morgan fingerprint density at radius 1 is 1.13 bits per heavy atom. The molecule has 0 unspecified atom stereocenters. The van der Waals surface area contributed by atoms with Gasteiger partial charge in [0.2, 0.25) is 0 Å². The highest BCUT2D eigenvalue weighted by Gasteiger charge is 2.57. The lowest BCUT2D eigenvalue weighted by molar-refractivity contribution is -0.149. The Bertz CT molecular complexity index is 839. The molecule has 2 heterocycles. The first-order valence-electron chi connectivity index (χ1n) is 10.5. The SMILES string of the molecule is COc1cc(C(F)(F)F)cc2c1C(=O)N([C@@H]1CCCC[C@@H]1NC1CCOCC1)C2(F)F. The van der Waals surface area contributed by atoms with E-state index < -0.39 is 46.6 Å². The second-order valence-electron chi connectivity index (χ2n) is 8.33. The summed E-state index contributed by atoms with van der Waals surface area (Å²) in [5.41, 5.74) is -2.70. The Balaban J connectivity index is 1.69. The molecular weight excluding hydrogens is 423 g/mol. The molecule has 0 bridgehead atoms. The van der Waals surface area contributed by atoms with E-state index in [0.29, 0.717) is 49.5 Å². The van der Waals surface area contributed by atoms with Crippen molar-refractivity contribution >= 4 is 5.91 Å². The number of nitrogens with zero attached hydrogens (tertiary/aromatic N) is 1. The fraction of sp³-hybridized carbons (Fsp3) is 0.667. The van der Waals surface area contributed by atoms with Gasteiger partial charge in [0.1, 0.15) is 5.75 Å². The van der Waals surface area contributed by atoms with Gasteiger partial charge in [0.15, 0.2) is 0 Å². The Kier molecular flexibility index (Phi) is 5.89. The molecular formula is C21H25F5N2O3. The molecule has 0 aromatic heterocycles. The monoisotopic (exact) mass is 448 g/mol. The summed E-state index contributed by atoms with van der Waals surface area (Å²) in [6.45, 7) is 1.16. The number of hydrogen-bond acceptors (Lipinski definition) is 4. The number of rotatable bonds is 4. The standard InChI is InChI=1S/C21H25F5N2O3/c1-30-17-11-12(20(22,23)24)10-14-18(17)19(29)28(21(14,25)26)16-5-3-2-4-15(16)27-13-6-8-31-9-7-13/h10-11,13,15-16,27H,2-9H2,1H3/t15-,16+/m0/s1. The van der Waals surface area contributed by atoms with Gasteiger partial charge in [-0.05, 0) is 37.8 Å². The molecule has 1 N–H and O–H groups in total. The van der Waals surface area contributed by atoms with Crippen molar-refractivity contribution in [3.05, 3.63) is 28.8 Å². The first kappa shape index (κ1) is 22.3. The molecule has 1 aliphatic carbocycles. The number of carbonyl (C=O) groups excluding carboxylic acids is 1. The van der Waals surface area contributed by atoms with Crippen LogP contribution in [0.3, 0.4) is 0 Å². The van der Waals surface area contributed by atoms with E-state index in [0.717, 1.165) is 26.4 Å². The largest absolute Gasteiger partial charge is 0.496 e. The van der Waals surface area contributed by atoms with Gasteiger partial charge in [-0.15, -0.1) is 0 Å². The van der Waals surface area contributed by atoms with E-state index in [2.05, 4.69) is 5.32 Å². The van der Waals surface area contributed by atoms with E-state index in [-0.39, 0.29) is 12.1 Å². The maximum atomic E-state index is 15.5. The molecule has 10 heteroatoms. The van der Waals surface area contributed by atoms with Crippen molar-refractivity contribution in [1.82, 2.24) is 10.2 Å². The smallest absolute Gasteiger partial charge is 0.416 e.